The fourth-order valence-electron chi connectivity index (χ4n) is 4.63. The maximum atomic E-state index is 12.8. The van der Waals surface area contributed by atoms with Crippen molar-refractivity contribution in [2.75, 3.05) is 19.6 Å². The lowest BCUT2D eigenvalue weighted by Gasteiger charge is -2.22. The van der Waals surface area contributed by atoms with Gasteiger partial charge in [-0.1, -0.05) is 6.08 Å². The molecular weight excluding hydrogens is 570 g/mol. The van der Waals surface area contributed by atoms with Crippen molar-refractivity contribution in [1.82, 2.24) is 15.1 Å². The molecule has 15 heteroatoms. The molecule has 2 saturated heterocycles. The number of amides is 3. The molecule has 0 bridgehead atoms. The summed E-state index contributed by atoms with van der Waals surface area (Å²) >= 11 is 4.48. The van der Waals surface area contributed by atoms with Crippen molar-refractivity contribution >= 4 is 42.1 Å². The zero-order valence-electron chi connectivity index (χ0n) is 22.4. The lowest BCUT2D eigenvalue weighted by atomic mass is 10.2. The molecule has 3 amide bonds. The molecule has 2 aliphatic rings. The number of nitrogens with one attached hydrogen (secondary N) is 1. The number of nitro groups is 2. The Hall–Kier alpha value is -4.66. The van der Waals surface area contributed by atoms with Gasteiger partial charge in [-0.15, -0.1) is 0 Å². The van der Waals surface area contributed by atoms with Crippen molar-refractivity contribution in [2.45, 2.75) is 43.4 Å². The van der Waals surface area contributed by atoms with Crippen LogP contribution in [0.15, 0.2) is 60.7 Å². The molecule has 0 radical (unpaired) electrons. The van der Waals surface area contributed by atoms with E-state index in [1.807, 2.05) is 0 Å². The van der Waals surface area contributed by atoms with Gasteiger partial charge in [-0.3, -0.25) is 25.0 Å². The Morgan fingerprint density at radius 2 is 1.50 bits per heavy atom. The standard InChI is InChI=1S/C27H29N5O9S/c33-25(29-12-11-20(14-29)28-26(34)40-16-18-1-5-21(6-2-18)31(36)37)10-9-23-13-24(42)15-30(23)27(35)41-17-19-3-7-22(8-4-19)32(38)39/h1-10,20,23-24,42H,11-17H2,(H,28,34)/b10-9+/t20-,23-,24-/m0/s1. The molecule has 2 heterocycles. The van der Waals surface area contributed by atoms with Crippen LogP contribution in [0.4, 0.5) is 21.0 Å². The van der Waals surface area contributed by atoms with Gasteiger partial charge in [-0.05, 0) is 48.2 Å². The van der Waals surface area contributed by atoms with Crippen LogP contribution in [0.3, 0.4) is 0 Å². The zero-order valence-corrected chi connectivity index (χ0v) is 23.3. The van der Waals surface area contributed by atoms with Crippen molar-refractivity contribution in [2.24, 2.45) is 0 Å². The lowest BCUT2D eigenvalue weighted by molar-refractivity contribution is -0.385. The first-order chi connectivity index (χ1) is 20.1. The Morgan fingerprint density at radius 1 is 0.929 bits per heavy atom. The molecule has 1 N–H and O–H groups in total. The smallest absolute Gasteiger partial charge is 0.410 e. The number of hydrogen-bond acceptors (Lipinski definition) is 10. The van der Waals surface area contributed by atoms with Crippen LogP contribution in [0, 0.1) is 20.2 Å². The maximum absolute atomic E-state index is 12.8. The van der Waals surface area contributed by atoms with E-state index in [9.17, 15) is 34.6 Å². The molecule has 2 aromatic rings. The number of alkyl carbamates (subject to hydrolysis) is 1. The summed E-state index contributed by atoms with van der Waals surface area (Å²) in [6.45, 7) is 0.942. The normalized spacial score (nSPS) is 20.0. The van der Waals surface area contributed by atoms with Gasteiger partial charge in [-0.25, -0.2) is 9.59 Å². The number of nitro benzene ring substituents is 2. The summed E-state index contributed by atoms with van der Waals surface area (Å²) in [5.41, 5.74) is 1.09. The summed E-state index contributed by atoms with van der Waals surface area (Å²) in [5.74, 6) is -0.264. The second-order valence-electron chi connectivity index (χ2n) is 9.86. The van der Waals surface area contributed by atoms with E-state index in [-0.39, 0.29) is 48.3 Å². The van der Waals surface area contributed by atoms with E-state index < -0.39 is 28.1 Å². The van der Waals surface area contributed by atoms with Gasteiger partial charge in [0.1, 0.15) is 13.2 Å². The van der Waals surface area contributed by atoms with E-state index in [4.69, 9.17) is 9.47 Å². The van der Waals surface area contributed by atoms with E-state index in [2.05, 4.69) is 17.9 Å². The summed E-state index contributed by atoms with van der Waals surface area (Å²) in [5, 5.41) is 24.2. The summed E-state index contributed by atoms with van der Waals surface area (Å²) in [6, 6.07) is 10.7. The number of likely N-dealkylation sites (tertiary alicyclic amines) is 2. The minimum Gasteiger partial charge on any atom is -0.445 e. The third-order valence-electron chi connectivity index (χ3n) is 6.87. The monoisotopic (exact) mass is 599 g/mol. The third kappa shape index (κ3) is 8.19. The summed E-state index contributed by atoms with van der Waals surface area (Å²) in [7, 11) is 0. The van der Waals surface area contributed by atoms with Crippen LogP contribution in [0.5, 0.6) is 0 Å². The van der Waals surface area contributed by atoms with Crippen LogP contribution in [-0.4, -0.2) is 74.7 Å². The molecule has 0 spiro atoms. The van der Waals surface area contributed by atoms with Crippen molar-refractivity contribution in [3.63, 3.8) is 0 Å². The Balaban J connectivity index is 1.22. The quantitative estimate of drug-likeness (QED) is 0.189. The highest BCUT2D eigenvalue weighted by molar-refractivity contribution is 7.81. The highest BCUT2D eigenvalue weighted by atomic mass is 32.1. The number of hydrogen-bond donors (Lipinski definition) is 2. The minimum atomic E-state index is -0.656. The molecule has 2 fully saturated rings. The first kappa shape index (κ1) is 30.3. The molecule has 42 heavy (non-hydrogen) atoms. The highest BCUT2D eigenvalue weighted by Gasteiger charge is 2.34. The number of ether oxygens (including phenoxy) is 2. The highest BCUT2D eigenvalue weighted by Crippen LogP contribution is 2.24. The topological polar surface area (TPSA) is 174 Å². The largest absolute Gasteiger partial charge is 0.445 e. The van der Waals surface area contributed by atoms with Crippen molar-refractivity contribution in [1.29, 1.82) is 0 Å². The molecule has 3 atom stereocenters. The molecule has 2 aliphatic heterocycles. The summed E-state index contributed by atoms with van der Waals surface area (Å²) < 4.78 is 10.6. The second-order valence-corrected chi connectivity index (χ2v) is 10.6. The Bertz CT molecular complexity index is 1350. The SMILES string of the molecule is O=C(N[C@H]1CCN(C(=O)/C=C/[C@H]2C[C@H](S)CN2C(=O)OCc2ccc([N+](=O)[O-])cc2)C1)OCc1ccc([N+](=O)[O-])cc1. The molecule has 14 nitrogen and oxygen atoms in total. The predicted molar refractivity (Wildman–Crippen MR) is 152 cm³/mol. The van der Waals surface area contributed by atoms with E-state index >= 15 is 0 Å². The molecule has 0 saturated carbocycles. The first-order valence-electron chi connectivity index (χ1n) is 13.1. The average Bonchev–Trinajstić information content (AvgIpc) is 3.60. The fraction of sp³-hybridized carbons (Fsp3) is 0.370. The molecule has 222 valence electrons. The number of carbonyl (C=O) groups is 3. The second kappa shape index (κ2) is 13.8. The number of nitrogens with zero attached hydrogens (tertiary/aromatic N) is 4. The molecule has 0 aliphatic carbocycles. The van der Waals surface area contributed by atoms with Crippen LogP contribution < -0.4 is 5.32 Å². The van der Waals surface area contributed by atoms with Gasteiger partial charge in [-0.2, -0.15) is 12.6 Å². The van der Waals surface area contributed by atoms with Crippen molar-refractivity contribution in [3.05, 3.63) is 92.0 Å². The van der Waals surface area contributed by atoms with Gasteiger partial charge in [0.05, 0.1) is 21.9 Å². The summed E-state index contributed by atoms with van der Waals surface area (Å²) in [6.07, 6.45) is 2.88. The Labute approximate surface area is 246 Å². The van der Waals surface area contributed by atoms with Gasteiger partial charge in [0.15, 0.2) is 0 Å². The van der Waals surface area contributed by atoms with Crippen LogP contribution in [0.25, 0.3) is 0 Å². The van der Waals surface area contributed by atoms with Crippen LogP contribution in [-0.2, 0) is 27.5 Å². The van der Waals surface area contributed by atoms with Crippen molar-refractivity contribution in [3.8, 4) is 0 Å². The van der Waals surface area contributed by atoms with E-state index in [0.717, 1.165) is 0 Å². The predicted octanol–water partition coefficient (Wildman–Crippen LogP) is 3.60. The van der Waals surface area contributed by atoms with Gasteiger partial charge >= 0.3 is 12.2 Å². The van der Waals surface area contributed by atoms with Crippen LogP contribution in [0.2, 0.25) is 0 Å². The van der Waals surface area contributed by atoms with Gasteiger partial charge < -0.3 is 24.6 Å². The molecule has 4 rings (SSSR count). The number of carbonyl (C=O) groups excluding carboxylic acids is 3. The third-order valence-corrected chi connectivity index (χ3v) is 7.24. The maximum Gasteiger partial charge on any atom is 0.410 e. The average molecular weight is 600 g/mol. The Kier molecular flexibility index (Phi) is 9.96. The molecule has 0 unspecified atom stereocenters. The lowest BCUT2D eigenvalue weighted by Crippen LogP contribution is -2.38. The zero-order chi connectivity index (χ0) is 30.2. The van der Waals surface area contributed by atoms with E-state index in [0.29, 0.717) is 37.1 Å². The van der Waals surface area contributed by atoms with E-state index in [1.165, 1.54) is 59.5 Å². The number of rotatable bonds is 9. The van der Waals surface area contributed by atoms with Crippen molar-refractivity contribution < 1.29 is 33.7 Å². The molecule has 2 aromatic carbocycles. The van der Waals surface area contributed by atoms with E-state index in [1.54, 1.807) is 11.0 Å². The van der Waals surface area contributed by atoms with Gasteiger partial charge in [0.25, 0.3) is 11.4 Å². The first-order valence-corrected chi connectivity index (χ1v) is 13.6. The van der Waals surface area contributed by atoms with Gasteiger partial charge in [0, 0.05) is 55.2 Å². The van der Waals surface area contributed by atoms with Crippen LogP contribution in [0.1, 0.15) is 24.0 Å². The minimum absolute atomic E-state index is 0.0533. The number of non-ortho nitro benzene ring substituents is 2. The Morgan fingerprint density at radius 3 is 2.07 bits per heavy atom. The number of thiol groups is 1. The summed E-state index contributed by atoms with van der Waals surface area (Å²) in [4.78, 5) is 61.3. The van der Waals surface area contributed by atoms with Crippen LogP contribution >= 0.6 is 12.6 Å². The number of benzene rings is 2. The molecular formula is C27H29N5O9S. The van der Waals surface area contributed by atoms with Gasteiger partial charge in [0.2, 0.25) is 5.91 Å². The fourth-order valence-corrected chi connectivity index (χ4v) is 5.02. The molecule has 0 aromatic heterocycles.